The van der Waals surface area contributed by atoms with Crippen LogP contribution in [0.2, 0.25) is 0 Å². The summed E-state index contributed by atoms with van der Waals surface area (Å²) in [6, 6.07) is 8.74. The predicted octanol–water partition coefficient (Wildman–Crippen LogP) is 4.07. The molecule has 0 aliphatic rings. The maximum Gasteiger partial charge on any atom is 0.118 e. The first kappa shape index (κ1) is 18.0. The molecule has 0 saturated carbocycles. The van der Waals surface area contributed by atoms with Crippen LogP contribution in [0.15, 0.2) is 24.3 Å². The van der Waals surface area contributed by atoms with Crippen LogP contribution in [-0.4, -0.2) is 13.2 Å². The second-order valence-corrected chi connectivity index (χ2v) is 5.90. The van der Waals surface area contributed by atoms with Crippen molar-refractivity contribution in [3.8, 4) is 5.75 Å². The van der Waals surface area contributed by atoms with Crippen molar-refractivity contribution in [3.05, 3.63) is 29.8 Å². The van der Waals surface area contributed by atoms with Crippen LogP contribution in [-0.2, 0) is 6.42 Å². The third kappa shape index (κ3) is 6.96. The van der Waals surface area contributed by atoms with E-state index in [2.05, 4.69) is 31.4 Å². The van der Waals surface area contributed by atoms with Crippen molar-refractivity contribution in [3.63, 3.8) is 0 Å². The fraction of sp³-hybridized carbons (Fsp3) is 0.667. The Morgan fingerprint density at radius 3 is 2.38 bits per heavy atom. The van der Waals surface area contributed by atoms with Crippen molar-refractivity contribution in [2.24, 2.45) is 11.8 Å². The SMILES string of the molecule is CCCCC(CC)CC(CCc1ccc(OC)cc1)NN. The average Bonchev–Trinajstić information content (AvgIpc) is 2.54. The Hall–Kier alpha value is -1.06. The third-order valence-corrected chi connectivity index (χ3v) is 4.34. The summed E-state index contributed by atoms with van der Waals surface area (Å²) in [4.78, 5) is 0. The molecule has 0 aliphatic carbocycles. The number of nitrogens with one attached hydrogen (secondary N) is 1. The number of aryl methyl sites for hydroxylation is 1. The van der Waals surface area contributed by atoms with Gasteiger partial charge in [-0.05, 0) is 42.9 Å². The number of ether oxygens (including phenoxy) is 1. The topological polar surface area (TPSA) is 47.3 Å². The molecule has 0 heterocycles. The van der Waals surface area contributed by atoms with Crippen LogP contribution in [0.5, 0.6) is 5.75 Å². The number of nitrogens with two attached hydrogens (primary N) is 1. The molecule has 1 aromatic rings. The van der Waals surface area contributed by atoms with Crippen LogP contribution in [0, 0.1) is 5.92 Å². The van der Waals surface area contributed by atoms with E-state index in [1.165, 1.54) is 37.7 Å². The van der Waals surface area contributed by atoms with E-state index in [1.807, 2.05) is 12.1 Å². The van der Waals surface area contributed by atoms with Gasteiger partial charge in [0.25, 0.3) is 0 Å². The molecular weight excluding hydrogens is 260 g/mol. The number of hydrogen-bond donors (Lipinski definition) is 2. The second-order valence-electron chi connectivity index (χ2n) is 5.90. The minimum absolute atomic E-state index is 0.411. The van der Waals surface area contributed by atoms with E-state index < -0.39 is 0 Å². The van der Waals surface area contributed by atoms with E-state index in [1.54, 1.807) is 7.11 Å². The molecule has 0 aromatic heterocycles. The van der Waals surface area contributed by atoms with Crippen LogP contribution in [0.3, 0.4) is 0 Å². The molecule has 1 aromatic carbocycles. The summed E-state index contributed by atoms with van der Waals surface area (Å²) < 4.78 is 5.19. The van der Waals surface area contributed by atoms with Crippen LogP contribution in [0.4, 0.5) is 0 Å². The van der Waals surface area contributed by atoms with E-state index in [-0.39, 0.29) is 0 Å². The van der Waals surface area contributed by atoms with Gasteiger partial charge in [0.2, 0.25) is 0 Å². The molecule has 2 atom stereocenters. The van der Waals surface area contributed by atoms with Crippen LogP contribution >= 0.6 is 0 Å². The van der Waals surface area contributed by atoms with Gasteiger partial charge in [-0.1, -0.05) is 51.7 Å². The first-order chi connectivity index (χ1) is 10.2. The molecule has 3 nitrogen and oxygen atoms in total. The Morgan fingerprint density at radius 2 is 1.86 bits per heavy atom. The molecule has 120 valence electrons. The van der Waals surface area contributed by atoms with Gasteiger partial charge in [0.1, 0.15) is 5.75 Å². The van der Waals surface area contributed by atoms with Crippen molar-refractivity contribution < 1.29 is 4.74 Å². The summed E-state index contributed by atoms with van der Waals surface area (Å²) in [5, 5.41) is 0. The zero-order valence-electron chi connectivity index (χ0n) is 13.9. The zero-order valence-corrected chi connectivity index (χ0v) is 13.9. The summed E-state index contributed by atoms with van der Waals surface area (Å²) in [6.07, 6.45) is 8.52. The number of methoxy groups -OCH3 is 1. The fourth-order valence-electron chi connectivity index (χ4n) is 2.79. The lowest BCUT2D eigenvalue weighted by atomic mass is 9.90. The Labute approximate surface area is 130 Å². The van der Waals surface area contributed by atoms with E-state index >= 15 is 0 Å². The fourth-order valence-corrected chi connectivity index (χ4v) is 2.79. The van der Waals surface area contributed by atoms with Gasteiger partial charge >= 0.3 is 0 Å². The summed E-state index contributed by atoms with van der Waals surface area (Å²) >= 11 is 0. The van der Waals surface area contributed by atoms with E-state index in [9.17, 15) is 0 Å². The summed E-state index contributed by atoms with van der Waals surface area (Å²) in [7, 11) is 1.70. The molecule has 0 saturated heterocycles. The standard InChI is InChI=1S/C18H32N2O/c1-4-6-7-15(5-2)14-17(20-19)11-8-16-9-12-18(21-3)13-10-16/h9-10,12-13,15,17,20H,4-8,11,14,19H2,1-3H3. The van der Waals surface area contributed by atoms with E-state index in [4.69, 9.17) is 10.6 Å². The van der Waals surface area contributed by atoms with Gasteiger partial charge in [-0.3, -0.25) is 11.3 Å². The molecule has 0 amide bonds. The number of benzene rings is 1. The van der Waals surface area contributed by atoms with Crippen LogP contribution < -0.4 is 16.0 Å². The van der Waals surface area contributed by atoms with Crippen molar-refractivity contribution in [1.29, 1.82) is 0 Å². The Balaban J connectivity index is 2.41. The normalized spacial score (nSPS) is 13.9. The van der Waals surface area contributed by atoms with Gasteiger partial charge in [0, 0.05) is 6.04 Å². The molecule has 3 heteroatoms. The lowest BCUT2D eigenvalue weighted by Gasteiger charge is -2.22. The quantitative estimate of drug-likeness (QED) is 0.477. The second kappa shape index (κ2) is 10.6. The molecule has 0 spiro atoms. The third-order valence-electron chi connectivity index (χ3n) is 4.34. The number of unbranched alkanes of at least 4 members (excludes halogenated alkanes) is 1. The molecule has 2 unspecified atom stereocenters. The highest BCUT2D eigenvalue weighted by atomic mass is 16.5. The smallest absolute Gasteiger partial charge is 0.118 e. The zero-order chi connectivity index (χ0) is 15.5. The maximum absolute atomic E-state index is 5.74. The monoisotopic (exact) mass is 292 g/mol. The highest BCUT2D eigenvalue weighted by molar-refractivity contribution is 5.27. The Kier molecular flexibility index (Phi) is 9.11. The van der Waals surface area contributed by atoms with Gasteiger partial charge in [-0.25, -0.2) is 0 Å². The predicted molar refractivity (Wildman–Crippen MR) is 90.3 cm³/mol. The summed E-state index contributed by atoms with van der Waals surface area (Å²) in [6.45, 7) is 4.55. The molecule has 0 radical (unpaired) electrons. The molecular formula is C18H32N2O. The minimum Gasteiger partial charge on any atom is -0.497 e. The van der Waals surface area contributed by atoms with Gasteiger partial charge < -0.3 is 4.74 Å². The highest BCUT2D eigenvalue weighted by Crippen LogP contribution is 2.21. The van der Waals surface area contributed by atoms with Gasteiger partial charge in [-0.15, -0.1) is 0 Å². The molecule has 0 fully saturated rings. The van der Waals surface area contributed by atoms with E-state index in [0.29, 0.717) is 6.04 Å². The number of hydrogen-bond acceptors (Lipinski definition) is 3. The molecule has 21 heavy (non-hydrogen) atoms. The van der Waals surface area contributed by atoms with E-state index in [0.717, 1.165) is 24.5 Å². The summed E-state index contributed by atoms with van der Waals surface area (Å²) in [5.74, 6) is 7.45. The van der Waals surface area contributed by atoms with Crippen LogP contribution in [0.1, 0.15) is 57.9 Å². The Morgan fingerprint density at radius 1 is 1.14 bits per heavy atom. The van der Waals surface area contributed by atoms with Gasteiger partial charge in [-0.2, -0.15) is 0 Å². The first-order valence-electron chi connectivity index (χ1n) is 8.32. The maximum atomic E-state index is 5.74. The highest BCUT2D eigenvalue weighted by Gasteiger charge is 2.14. The van der Waals surface area contributed by atoms with Crippen molar-refractivity contribution in [2.45, 2.75) is 64.8 Å². The lowest BCUT2D eigenvalue weighted by molar-refractivity contribution is 0.340. The van der Waals surface area contributed by atoms with Crippen molar-refractivity contribution in [2.75, 3.05) is 7.11 Å². The molecule has 3 N–H and O–H groups in total. The Bertz CT molecular complexity index is 364. The van der Waals surface area contributed by atoms with Crippen LogP contribution in [0.25, 0.3) is 0 Å². The van der Waals surface area contributed by atoms with Gasteiger partial charge in [0.15, 0.2) is 0 Å². The largest absolute Gasteiger partial charge is 0.497 e. The van der Waals surface area contributed by atoms with Gasteiger partial charge in [0.05, 0.1) is 7.11 Å². The number of rotatable bonds is 11. The van der Waals surface area contributed by atoms with Crippen molar-refractivity contribution >= 4 is 0 Å². The molecule has 0 bridgehead atoms. The molecule has 0 aliphatic heterocycles. The minimum atomic E-state index is 0.411. The molecule has 1 rings (SSSR count). The lowest BCUT2D eigenvalue weighted by Crippen LogP contribution is -2.37. The van der Waals surface area contributed by atoms with Crippen molar-refractivity contribution in [1.82, 2.24) is 5.43 Å². The number of hydrazine groups is 1. The summed E-state index contributed by atoms with van der Waals surface area (Å²) in [5.41, 5.74) is 4.36. The average molecular weight is 292 g/mol. The first-order valence-corrected chi connectivity index (χ1v) is 8.32.